The van der Waals surface area contributed by atoms with E-state index in [9.17, 15) is 4.79 Å². The number of rotatable bonds is 5. The summed E-state index contributed by atoms with van der Waals surface area (Å²) in [6, 6.07) is 7.13. The fraction of sp³-hybridized carbons (Fsp3) is 0.650. The van der Waals surface area contributed by atoms with E-state index < -0.39 is 0 Å². The lowest BCUT2D eigenvalue weighted by atomic mass is 9.95. The van der Waals surface area contributed by atoms with Crippen LogP contribution in [0, 0.1) is 5.92 Å². The minimum absolute atomic E-state index is 0.232. The summed E-state index contributed by atoms with van der Waals surface area (Å²) in [5.41, 5.74) is 4.13. The quantitative estimate of drug-likeness (QED) is 0.888. The van der Waals surface area contributed by atoms with Gasteiger partial charge in [-0.15, -0.1) is 0 Å². The SMILES string of the molecule is CN1CCCc2cc([C@H](CNC(=O)C3CC3)N3CCOCC3)ccc21. The predicted molar refractivity (Wildman–Crippen MR) is 98.9 cm³/mol. The highest BCUT2D eigenvalue weighted by atomic mass is 16.5. The van der Waals surface area contributed by atoms with Gasteiger partial charge in [-0.3, -0.25) is 9.69 Å². The summed E-state index contributed by atoms with van der Waals surface area (Å²) < 4.78 is 5.53. The summed E-state index contributed by atoms with van der Waals surface area (Å²) in [7, 11) is 2.17. The molecule has 25 heavy (non-hydrogen) atoms. The molecule has 1 atom stereocenters. The number of nitrogens with zero attached hydrogens (tertiary/aromatic N) is 2. The zero-order valence-electron chi connectivity index (χ0n) is 15.2. The highest BCUT2D eigenvalue weighted by molar-refractivity contribution is 5.80. The number of benzene rings is 1. The summed E-state index contributed by atoms with van der Waals surface area (Å²) in [5, 5.41) is 3.20. The van der Waals surface area contributed by atoms with Gasteiger partial charge in [0.2, 0.25) is 5.91 Å². The molecule has 4 rings (SSSR count). The van der Waals surface area contributed by atoms with Crippen molar-refractivity contribution in [1.29, 1.82) is 0 Å². The molecule has 3 aliphatic rings. The van der Waals surface area contributed by atoms with Gasteiger partial charge < -0.3 is 15.0 Å². The van der Waals surface area contributed by atoms with Crippen molar-refractivity contribution in [2.75, 3.05) is 51.3 Å². The fourth-order valence-corrected chi connectivity index (χ4v) is 4.05. The van der Waals surface area contributed by atoms with Crippen molar-refractivity contribution < 1.29 is 9.53 Å². The second kappa shape index (κ2) is 7.34. The van der Waals surface area contributed by atoms with Crippen LogP contribution in [0.3, 0.4) is 0 Å². The molecule has 0 unspecified atom stereocenters. The lowest BCUT2D eigenvalue weighted by Crippen LogP contribution is -2.44. The van der Waals surface area contributed by atoms with E-state index in [0.717, 1.165) is 52.1 Å². The van der Waals surface area contributed by atoms with E-state index in [0.29, 0.717) is 6.54 Å². The molecule has 2 fully saturated rings. The number of ether oxygens (including phenoxy) is 1. The summed E-state index contributed by atoms with van der Waals surface area (Å²) in [6.45, 7) is 5.25. The summed E-state index contributed by atoms with van der Waals surface area (Å²) in [6.07, 6.45) is 4.48. The van der Waals surface area contributed by atoms with E-state index in [-0.39, 0.29) is 17.9 Å². The van der Waals surface area contributed by atoms with Gasteiger partial charge in [-0.2, -0.15) is 0 Å². The van der Waals surface area contributed by atoms with Crippen LogP contribution in [-0.4, -0.2) is 57.2 Å². The molecule has 1 aromatic carbocycles. The Kier molecular flexibility index (Phi) is 4.95. The summed E-state index contributed by atoms with van der Waals surface area (Å²) in [5.74, 6) is 0.499. The number of aryl methyl sites for hydroxylation is 1. The Balaban J connectivity index is 1.54. The molecule has 1 saturated heterocycles. The van der Waals surface area contributed by atoms with Gasteiger partial charge >= 0.3 is 0 Å². The first kappa shape index (κ1) is 16.9. The lowest BCUT2D eigenvalue weighted by Gasteiger charge is -2.36. The molecule has 5 heteroatoms. The van der Waals surface area contributed by atoms with E-state index in [1.165, 1.54) is 23.2 Å². The van der Waals surface area contributed by atoms with Crippen LogP contribution in [-0.2, 0) is 16.0 Å². The lowest BCUT2D eigenvalue weighted by molar-refractivity contribution is -0.122. The van der Waals surface area contributed by atoms with Crippen molar-refractivity contribution in [2.45, 2.75) is 31.7 Å². The normalized spacial score (nSPS) is 22.4. The minimum Gasteiger partial charge on any atom is -0.379 e. The Labute approximate surface area is 150 Å². The number of amides is 1. The van der Waals surface area contributed by atoms with Gasteiger partial charge in [0, 0.05) is 44.8 Å². The van der Waals surface area contributed by atoms with Gasteiger partial charge in [-0.25, -0.2) is 0 Å². The van der Waals surface area contributed by atoms with Crippen LogP contribution >= 0.6 is 0 Å². The standard InChI is InChI=1S/C20H29N3O2/c1-22-8-2-3-16-13-17(6-7-18(16)22)19(23-9-11-25-12-10-23)14-21-20(24)15-4-5-15/h6-7,13,15,19H,2-5,8-12,14H2,1H3,(H,21,24)/t19-/m0/s1. The topological polar surface area (TPSA) is 44.8 Å². The maximum Gasteiger partial charge on any atom is 0.223 e. The predicted octanol–water partition coefficient (Wildman–Crippen LogP) is 1.97. The van der Waals surface area contributed by atoms with Crippen molar-refractivity contribution in [2.24, 2.45) is 5.92 Å². The number of hydrogen-bond donors (Lipinski definition) is 1. The molecule has 1 N–H and O–H groups in total. The fourth-order valence-electron chi connectivity index (χ4n) is 4.05. The van der Waals surface area contributed by atoms with Crippen molar-refractivity contribution in [3.05, 3.63) is 29.3 Å². The first-order valence-electron chi connectivity index (χ1n) is 9.66. The zero-order chi connectivity index (χ0) is 17.2. The van der Waals surface area contributed by atoms with E-state index in [1.807, 2.05) is 0 Å². The van der Waals surface area contributed by atoms with Crippen LogP contribution in [0.1, 0.15) is 36.4 Å². The van der Waals surface area contributed by atoms with Crippen LogP contribution in [0.25, 0.3) is 0 Å². The number of hydrogen-bond acceptors (Lipinski definition) is 4. The molecule has 2 heterocycles. The van der Waals surface area contributed by atoms with Gasteiger partial charge in [0.05, 0.1) is 19.3 Å². The molecule has 0 spiro atoms. The third-order valence-electron chi connectivity index (χ3n) is 5.74. The monoisotopic (exact) mass is 343 g/mol. The van der Waals surface area contributed by atoms with Gasteiger partial charge in [-0.05, 0) is 42.9 Å². The molecule has 1 aliphatic carbocycles. The Morgan fingerprint density at radius 3 is 2.84 bits per heavy atom. The van der Waals surface area contributed by atoms with E-state index >= 15 is 0 Å². The maximum atomic E-state index is 12.1. The average Bonchev–Trinajstić information content (AvgIpc) is 3.48. The van der Waals surface area contributed by atoms with Crippen LogP contribution in [0.5, 0.6) is 0 Å². The van der Waals surface area contributed by atoms with Gasteiger partial charge in [-0.1, -0.05) is 12.1 Å². The molecule has 1 amide bonds. The number of carbonyl (C=O) groups excluding carboxylic acids is 1. The Morgan fingerprint density at radius 2 is 2.08 bits per heavy atom. The maximum absolute atomic E-state index is 12.1. The van der Waals surface area contributed by atoms with Crippen molar-refractivity contribution >= 4 is 11.6 Å². The third-order valence-corrected chi connectivity index (χ3v) is 5.74. The summed E-state index contributed by atoms with van der Waals surface area (Å²) in [4.78, 5) is 17.0. The van der Waals surface area contributed by atoms with E-state index in [4.69, 9.17) is 4.74 Å². The first-order chi connectivity index (χ1) is 12.2. The van der Waals surface area contributed by atoms with E-state index in [1.54, 1.807) is 0 Å². The molecule has 136 valence electrons. The highest BCUT2D eigenvalue weighted by Gasteiger charge is 2.31. The molecule has 1 aromatic rings. The van der Waals surface area contributed by atoms with Crippen LogP contribution in [0.2, 0.25) is 0 Å². The Hall–Kier alpha value is -1.59. The highest BCUT2D eigenvalue weighted by Crippen LogP contribution is 2.32. The van der Waals surface area contributed by atoms with Crippen LogP contribution in [0.4, 0.5) is 5.69 Å². The summed E-state index contributed by atoms with van der Waals surface area (Å²) >= 11 is 0. The molecule has 5 nitrogen and oxygen atoms in total. The van der Waals surface area contributed by atoms with Gasteiger partial charge in [0.25, 0.3) is 0 Å². The molecule has 2 aliphatic heterocycles. The minimum atomic E-state index is 0.232. The smallest absolute Gasteiger partial charge is 0.223 e. The van der Waals surface area contributed by atoms with Crippen LogP contribution in [0.15, 0.2) is 18.2 Å². The molecular weight excluding hydrogens is 314 g/mol. The second-order valence-electron chi connectivity index (χ2n) is 7.60. The largest absolute Gasteiger partial charge is 0.379 e. The van der Waals surface area contributed by atoms with Gasteiger partial charge in [0.1, 0.15) is 0 Å². The number of carbonyl (C=O) groups is 1. The van der Waals surface area contributed by atoms with E-state index in [2.05, 4.69) is 40.4 Å². The average molecular weight is 343 g/mol. The number of fused-ring (bicyclic) bond motifs is 1. The van der Waals surface area contributed by atoms with Crippen LogP contribution < -0.4 is 10.2 Å². The number of anilines is 1. The molecule has 0 bridgehead atoms. The zero-order valence-corrected chi connectivity index (χ0v) is 15.2. The number of morpholine rings is 1. The van der Waals surface area contributed by atoms with Crippen molar-refractivity contribution in [3.63, 3.8) is 0 Å². The first-order valence-corrected chi connectivity index (χ1v) is 9.66. The van der Waals surface area contributed by atoms with Crippen molar-refractivity contribution in [3.8, 4) is 0 Å². The van der Waals surface area contributed by atoms with Gasteiger partial charge in [0.15, 0.2) is 0 Å². The second-order valence-corrected chi connectivity index (χ2v) is 7.60. The third kappa shape index (κ3) is 3.82. The van der Waals surface area contributed by atoms with Crippen molar-refractivity contribution in [1.82, 2.24) is 10.2 Å². The number of nitrogens with one attached hydrogen (secondary N) is 1. The molecule has 0 radical (unpaired) electrons. The molecule has 1 saturated carbocycles. The Morgan fingerprint density at radius 1 is 1.28 bits per heavy atom. The Bertz CT molecular complexity index is 623. The molecule has 0 aromatic heterocycles. The molecular formula is C20H29N3O2.